The molecular formula is C11H6Cl2FN. The first kappa shape index (κ1) is 10.4. The Hall–Kier alpha value is -1.12. The monoisotopic (exact) mass is 241 g/mol. The Kier molecular flexibility index (Phi) is 2.89. The second kappa shape index (κ2) is 4.17. The molecule has 0 fully saturated rings. The van der Waals surface area contributed by atoms with Crippen molar-refractivity contribution in [2.45, 2.75) is 0 Å². The van der Waals surface area contributed by atoms with Gasteiger partial charge in [-0.25, -0.2) is 4.39 Å². The molecule has 0 saturated heterocycles. The summed E-state index contributed by atoms with van der Waals surface area (Å²) in [5, 5.41) is 0.817. The lowest BCUT2D eigenvalue weighted by molar-refractivity contribution is 0.626. The molecular weight excluding hydrogens is 236 g/mol. The third-order valence-electron chi connectivity index (χ3n) is 1.95. The molecule has 4 heteroatoms. The van der Waals surface area contributed by atoms with Crippen LogP contribution >= 0.6 is 23.2 Å². The molecule has 1 aromatic heterocycles. The molecule has 1 heterocycles. The molecule has 0 saturated carbocycles. The highest BCUT2D eigenvalue weighted by atomic mass is 35.5. The van der Waals surface area contributed by atoms with Gasteiger partial charge in [-0.1, -0.05) is 35.3 Å². The van der Waals surface area contributed by atoms with E-state index in [2.05, 4.69) is 4.98 Å². The SMILES string of the molecule is Fc1ccnc(-c2cccc(Cl)c2Cl)c1. The highest BCUT2D eigenvalue weighted by Gasteiger charge is 2.08. The maximum absolute atomic E-state index is 13.0. The summed E-state index contributed by atoms with van der Waals surface area (Å²) in [6.07, 6.45) is 1.39. The summed E-state index contributed by atoms with van der Waals surface area (Å²) in [5.41, 5.74) is 1.10. The van der Waals surface area contributed by atoms with E-state index < -0.39 is 0 Å². The summed E-state index contributed by atoms with van der Waals surface area (Å²) in [7, 11) is 0. The molecule has 0 amide bonds. The van der Waals surface area contributed by atoms with Crippen LogP contribution in [-0.2, 0) is 0 Å². The summed E-state index contributed by atoms with van der Waals surface area (Å²) in [5.74, 6) is -0.351. The Morgan fingerprint density at radius 3 is 2.67 bits per heavy atom. The van der Waals surface area contributed by atoms with Gasteiger partial charge < -0.3 is 0 Å². The van der Waals surface area contributed by atoms with Crippen LogP contribution in [0.2, 0.25) is 10.0 Å². The predicted octanol–water partition coefficient (Wildman–Crippen LogP) is 4.19. The topological polar surface area (TPSA) is 12.9 Å². The minimum atomic E-state index is -0.351. The molecule has 2 rings (SSSR count). The fourth-order valence-electron chi connectivity index (χ4n) is 1.25. The van der Waals surface area contributed by atoms with E-state index >= 15 is 0 Å². The molecule has 0 unspecified atom stereocenters. The van der Waals surface area contributed by atoms with Gasteiger partial charge in [0.1, 0.15) is 5.82 Å². The Labute approximate surface area is 96.5 Å². The largest absolute Gasteiger partial charge is 0.256 e. The lowest BCUT2D eigenvalue weighted by Crippen LogP contribution is -1.86. The van der Waals surface area contributed by atoms with E-state index in [0.29, 0.717) is 21.3 Å². The average Bonchev–Trinajstić information content (AvgIpc) is 2.22. The molecule has 0 aliphatic heterocycles. The Morgan fingerprint density at radius 2 is 1.93 bits per heavy atom. The van der Waals surface area contributed by atoms with Crippen molar-refractivity contribution in [1.29, 1.82) is 0 Å². The minimum Gasteiger partial charge on any atom is -0.256 e. The molecule has 1 aromatic carbocycles. The van der Waals surface area contributed by atoms with Gasteiger partial charge >= 0.3 is 0 Å². The summed E-state index contributed by atoms with van der Waals surface area (Å²) in [4.78, 5) is 4.03. The molecule has 2 aromatic rings. The number of hydrogen-bond donors (Lipinski definition) is 0. The van der Waals surface area contributed by atoms with Crippen LogP contribution < -0.4 is 0 Å². The van der Waals surface area contributed by atoms with Gasteiger partial charge in [0, 0.05) is 17.8 Å². The van der Waals surface area contributed by atoms with E-state index in [1.165, 1.54) is 18.3 Å². The standard InChI is InChI=1S/C11H6Cl2FN/c12-9-3-1-2-8(11(9)13)10-6-7(14)4-5-15-10/h1-6H. The van der Waals surface area contributed by atoms with E-state index in [1.54, 1.807) is 18.2 Å². The number of aromatic nitrogens is 1. The minimum absolute atomic E-state index is 0.351. The van der Waals surface area contributed by atoms with Gasteiger partial charge in [-0.15, -0.1) is 0 Å². The van der Waals surface area contributed by atoms with Crippen molar-refractivity contribution in [1.82, 2.24) is 4.98 Å². The Bertz CT molecular complexity index is 500. The van der Waals surface area contributed by atoms with Crippen LogP contribution in [0.25, 0.3) is 11.3 Å². The first-order valence-electron chi connectivity index (χ1n) is 4.24. The zero-order valence-corrected chi connectivity index (χ0v) is 9.06. The van der Waals surface area contributed by atoms with Gasteiger partial charge in [-0.2, -0.15) is 0 Å². The van der Waals surface area contributed by atoms with E-state index in [-0.39, 0.29) is 5.82 Å². The number of rotatable bonds is 1. The number of halogens is 3. The van der Waals surface area contributed by atoms with Crippen molar-refractivity contribution in [3.05, 3.63) is 52.4 Å². The van der Waals surface area contributed by atoms with Gasteiger partial charge in [-0.05, 0) is 12.1 Å². The van der Waals surface area contributed by atoms with Crippen LogP contribution in [0.15, 0.2) is 36.5 Å². The molecule has 15 heavy (non-hydrogen) atoms. The number of nitrogens with zero attached hydrogens (tertiary/aromatic N) is 1. The zero-order chi connectivity index (χ0) is 10.8. The summed E-state index contributed by atoms with van der Waals surface area (Å²) in [6, 6.07) is 7.76. The molecule has 0 spiro atoms. The van der Waals surface area contributed by atoms with E-state index in [9.17, 15) is 4.39 Å². The van der Waals surface area contributed by atoms with E-state index in [0.717, 1.165) is 0 Å². The van der Waals surface area contributed by atoms with Crippen molar-refractivity contribution in [2.24, 2.45) is 0 Å². The molecule has 0 N–H and O–H groups in total. The first-order chi connectivity index (χ1) is 7.18. The van der Waals surface area contributed by atoms with Crippen LogP contribution in [-0.4, -0.2) is 4.98 Å². The van der Waals surface area contributed by atoms with Gasteiger partial charge in [0.25, 0.3) is 0 Å². The van der Waals surface area contributed by atoms with Gasteiger partial charge in [0.15, 0.2) is 0 Å². The zero-order valence-electron chi connectivity index (χ0n) is 7.55. The fraction of sp³-hybridized carbons (Fsp3) is 0. The van der Waals surface area contributed by atoms with E-state index in [4.69, 9.17) is 23.2 Å². The predicted molar refractivity (Wildman–Crippen MR) is 59.7 cm³/mol. The van der Waals surface area contributed by atoms with E-state index in [1.807, 2.05) is 0 Å². The van der Waals surface area contributed by atoms with Crippen LogP contribution in [0.5, 0.6) is 0 Å². The van der Waals surface area contributed by atoms with Crippen LogP contribution in [0.4, 0.5) is 4.39 Å². The molecule has 0 atom stereocenters. The van der Waals surface area contributed by atoms with Gasteiger partial charge in [0.05, 0.1) is 15.7 Å². The van der Waals surface area contributed by atoms with Gasteiger partial charge in [-0.3, -0.25) is 4.98 Å². The summed E-state index contributed by atoms with van der Waals surface area (Å²) in [6.45, 7) is 0. The summed E-state index contributed by atoms with van der Waals surface area (Å²) < 4.78 is 13.0. The number of hydrogen-bond acceptors (Lipinski definition) is 1. The van der Waals surface area contributed by atoms with Crippen molar-refractivity contribution in [3.8, 4) is 11.3 Å². The quantitative estimate of drug-likeness (QED) is 0.730. The maximum Gasteiger partial charge on any atom is 0.126 e. The normalized spacial score (nSPS) is 10.3. The lowest BCUT2D eigenvalue weighted by Gasteiger charge is -2.04. The van der Waals surface area contributed by atoms with Crippen molar-refractivity contribution < 1.29 is 4.39 Å². The molecule has 0 aliphatic carbocycles. The number of pyridine rings is 1. The lowest BCUT2D eigenvalue weighted by atomic mass is 10.1. The molecule has 0 radical (unpaired) electrons. The molecule has 76 valence electrons. The Morgan fingerprint density at radius 1 is 1.13 bits per heavy atom. The van der Waals surface area contributed by atoms with Crippen LogP contribution in [0.3, 0.4) is 0 Å². The highest BCUT2D eigenvalue weighted by molar-refractivity contribution is 6.43. The van der Waals surface area contributed by atoms with Crippen LogP contribution in [0, 0.1) is 5.82 Å². The highest BCUT2D eigenvalue weighted by Crippen LogP contribution is 2.32. The molecule has 0 bridgehead atoms. The fourth-order valence-corrected chi connectivity index (χ4v) is 1.65. The second-order valence-corrected chi connectivity index (χ2v) is 3.75. The van der Waals surface area contributed by atoms with Crippen LogP contribution in [0.1, 0.15) is 0 Å². The van der Waals surface area contributed by atoms with Crippen molar-refractivity contribution in [3.63, 3.8) is 0 Å². The average molecular weight is 242 g/mol. The molecule has 1 nitrogen and oxygen atoms in total. The smallest absolute Gasteiger partial charge is 0.126 e. The Balaban J connectivity index is 2.59. The van der Waals surface area contributed by atoms with Crippen molar-refractivity contribution in [2.75, 3.05) is 0 Å². The second-order valence-electron chi connectivity index (χ2n) is 2.96. The first-order valence-corrected chi connectivity index (χ1v) is 5.00. The summed E-state index contributed by atoms with van der Waals surface area (Å²) >= 11 is 11.8. The van der Waals surface area contributed by atoms with Gasteiger partial charge in [0.2, 0.25) is 0 Å². The number of benzene rings is 1. The maximum atomic E-state index is 13.0. The third-order valence-corrected chi connectivity index (χ3v) is 2.77. The third kappa shape index (κ3) is 2.11. The van der Waals surface area contributed by atoms with Crippen molar-refractivity contribution >= 4 is 23.2 Å². The molecule has 0 aliphatic rings.